The number of nitrogens with two attached hydrogens (primary N) is 1. The van der Waals surface area contributed by atoms with Gasteiger partial charge in [0.25, 0.3) is 5.56 Å². The summed E-state index contributed by atoms with van der Waals surface area (Å²) in [6.45, 7) is 5.55. The molecule has 1 amide bonds. The molecule has 2 aromatic rings. The van der Waals surface area contributed by atoms with Crippen LogP contribution in [0.2, 0.25) is 0 Å². The van der Waals surface area contributed by atoms with Crippen LogP contribution in [-0.2, 0) is 4.79 Å². The van der Waals surface area contributed by atoms with Gasteiger partial charge in [0.2, 0.25) is 5.91 Å². The van der Waals surface area contributed by atoms with E-state index in [1.807, 2.05) is 13.8 Å². The van der Waals surface area contributed by atoms with E-state index >= 15 is 0 Å². The normalized spacial score (nSPS) is 12.8. The van der Waals surface area contributed by atoms with Crippen LogP contribution in [0.25, 0.3) is 10.2 Å². The summed E-state index contributed by atoms with van der Waals surface area (Å²) in [5, 5.41) is 0.640. The first-order valence-electron chi connectivity index (χ1n) is 5.36. The maximum atomic E-state index is 12.0. The monoisotopic (exact) mass is 283 g/mol. The molecule has 5 nitrogen and oxygen atoms in total. The van der Waals surface area contributed by atoms with Gasteiger partial charge in [-0.3, -0.25) is 9.59 Å². The predicted octanol–water partition coefficient (Wildman–Crippen LogP) is 1.57. The summed E-state index contributed by atoms with van der Waals surface area (Å²) in [5.41, 5.74) is 5.98. The molecule has 2 heterocycles. The Bertz CT molecular complexity index is 675. The van der Waals surface area contributed by atoms with E-state index in [4.69, 9.17) is 5.73 Å². The van der Waals surface area contributed by atoms with Crippen molar-refractivity contribution in [3.8, 4) is 0 Å². The number of thiophene rings is 1. The van der Waals surface area contributed by atoms with Gasteiger partial charge in [0.1, 0.15) is 4.83 Å². The zero-order valence-corrected chi connectivity index (χ0v) is 11.9. The molecule has 7 heteroatoms. The van der Waals surface area contributed by atoms with Crippen LogP contribution in [0.1, 0.15) is 17.4 Å². The second-order valence-corrected chi connectivity index (χ2v) is 6.53. The van der Waals surface area contributed by atoms with E-state index in [-0.39, 0.29) is 5.56 Å². The van der Waals surface area contributed by atoms with Gasteiger partial charge in [-0.25, -0.2) is 4.98 Å². The Labute approximate surface area is 112 Å². The smallest absolute Gasteiger partial charge is 0.260 e. The zero-order valence-electron chi connectivity index (χ0n) is 10.2. The number of amides is 1. The highest BCUT2D eigenvalue weighted by Gasteiger charge is 2.15. The number of nitrogens with zero attached hydrogens (tertiary/aromatic N) is 1. The SMILES string of the molecule is Cc1sc2nc(SC(C)C(N)=O)[nH]c(=O)c2c1C. The number of H-pyrrole nitrogens is 1. The molecule has 3 N–H and O–H groups in total. The highest BCUT2D eigenvalue weighted by atomic mass is 32.2. The quantitative estimate of drug-likeness (QED) is 0.661. The molecule has 1 unspecified atom stereocenters. The number of hydrogen-bond donors (Lipinski definition) is 2. The van der Waals surface area contributed by atoms with Crippen LogP contribution in [0.4, 0.5) is 0 Å². The van der Waals surface area contributed by atoms with Crippen molar-refractivity contribution >= 4 is 39.2 Å². The topological polar surface area (TPSA) is 88.8 Å². The molecule has 18 heavy (non-hydrogen) atoms. The molecule has 0 aromatic carbocycles. The Balaban J connectivity index is 2.50. The van der Waals surface area contributed by atoms with Gasteiger partial charge in [0.15, 0.2) is 5.16 Å². The van der Waals surface area contributed by atoms with Gasteiger partial charge in [-0.15, -0.1) is 11.3 Å². The summed E-state index contributed by atoms with van der Waals surface area (Å²) >= 11 is 2.64. The number of nitrogens with one attached hydrogen (secondary N) is 1. The second-order valence-electron chi connectivity index (χ2n) is 4.00. The highest BCUT2D eigenvalue weighted by molar-refractivity contribution is 8.00. The second kappa shape index (κ2) is 4.74. The molecular weight excluding hydrogens is 270 g/mol. The zero-order chi connectivity index (χ0) is 13.4. The molecule has 2 aromatic heterocycles. The fourth-order valence-corrected chi connectivity index (χ4v) is 3.35. The van der Waals surface area contributed by atoms with E-state index in [9.17, 15) is 9.59 Å². The van der Waals surface area contributed by atoms with Crippen molar-refractivity contribution in [2.75, 3.05) is 0 Å². The highest BCUT2D eigenvalue weighted by Crippen LogP contribution is 2.28. The summed E-state index contributed by atoms with van der Waals surface area (Å²) in [6, 6.07) is 0. The first kappa shape index (κ1) is 13.1. The maximum Gasteiger partial charge on any atom is 0.260 e. The molecule has 0 aliphatic rings. The number of primary amides is 1. The lowest BCUT2D eigenvalue weighted by Crippen LogP contribution is -2.23. The molecule has 0 saturated heterocycles. The molecule has 0 saturated carbocycles. The van der Waals surface area contributed by atoms with Gasteiger partial charge in [-0.1, -0.05) is 11.8 Å². The molecule has 0 aliphatic carbocycles. The van der Waals surface area contributed by atoms with Crippen LogP contribution in [0.3, 0.4) is 0 Å². The minimum atomic E-state index is -0.429. The number of aromatic amines is 1. The van der Waals surface area contributed by atoms with Gasteiger partial charge in [-0.2, -0.15) is 0 Å². The fourth-order valence-electron chi connectivity index (χ4n) is 1.52. The van der Waals surface area contributed by atoms with Gasteiger partial charge in [0.05, 0.1) is 10.6 Å². The molecule has 0 radical (unpaired) electrons. The number of aromatic nitrogens is 2. The molecular formula is C11H13N3O2S2. The summed E-state index contributed by atoms with van der Waals surface area (Å²) in [6.07, 6.45) is 0. The minimum absolute atomic E-state index is 0.166. The molecule has 0 bridgehead atoms. The number of aryl methyl sites for hydroxylation is 2. The van der Waals surface area contributed by atoms with E-state index in [1.165, 1.54) is 11.3 Å². The molecule has 2 rings (SSSR count). The van der Waals surface area contributed by atoms with E-state index in [2.05, 4.69) is 9.97 Å². The van der Waals surface area contributed by atoms with E-state index in [1.54, 1.807) is 6.92 Å². The van der Waals surface area contributed by atoms with Crippen LogP contribution >= 0.6 is 23.1 Å². The Morgan fingerprint density at radius 2 is 2.17 bits per heavy atom. The van der Waals surface area contributed by atoms with Crippen LogP contribution in [0, 0.1) is 13.8 Å². The standard InChI is InChI=1S/C11H13N3O2S2/c1-4-5(2)17-10-7(4)9(16)13-11(14-10)18-6(3)8(12)15/h6H,1-3H3,(H2,12,15)(H,13,14,16). The predicted molar refractivity (Wildman–Crippen MR) is 74.2 cm³/mol. The molecule has 96 valence electrons. The average molecular weight is 283 g/mol. The Morgan fingerprint density at radius 3 is 2.78 bits per heavy atom. The number of carbonyl (C=O) groups is 1. The summed E-state index contributed by atoms with van der Waals surface area (Å²) < 4.78 is 0. The lowest BCUT2D eigenvalue weighted by Gasteiger charge is -2.05. The Morgan fingerprint density at radius 1 is 1.50 bits per heavy atom. The molecule has 1 atom stereocenters. The van der Waals surface area contributed by atoms with Crippen LogP contribution in [-0.4, -0.2) is 21.1 Å². The number of fused-ring (bicyclic) bond motifs is 1. The third-order valence-corrected chi connectivity index (χ3v) is 4.81. The lowest BCUT2D eigenvalue weighted by molar-refractivity contribution is -0.117. The number of hydrogen-bond acceptors (Lipinski definition) is 5. The third-order valence-electron chi connectivity index (χ3n) is 2.71. The van der Waals surface area contributed by atoms with Crippen molar-refractivity contribution in [3.05, 3.63) is 20.8 Å². The van der Waals surface area contributed by atoms with Crippen molar-refractivity contribution < 1.29 is 4.79 Å². The van der Waals surface area contributed by atoms with Crippen molar-refractivity contribution in [3.63, 3.8) is 0 Å². The van der Waals surface area contributed by atoms with Crippen LogP contribution < -0.4 is 11.3 Å². The fraction of sp³-hybridized carbons (Fsp3) is 0.364. The van der Waals surface area contributed by atoms with Gasteiger partial charge >= 0.3 is 0 Å². The number of thioether (sulfide) groups is 1. The van der Waals surface area contributed by atoms with Gasteiger partial charge in [-0.05, 0) is 26.3 Å². The Kier molecular flexibility index (Phi) is 3.45. The van der Waals surface area contributed by atoms with Crippen molar-refractivity contribution in [2.45, 2.75) is 31.2 Å². The van der Waals surface area contributed by atoms with Crippen LogP contribution in [0.5, 0.6) is 0 Å². The van der Waals surface area contributed by atoms with Crippen LogP contribution in [0.15, 0.2) is 9.95 Å². The van der Waals surface area contributed by atoms with E-state index in [0.717, 1.165) is 22.2 Å². The first-order chi connectivity index (χ1) is 8.40. The average Bonchev–Trinajstić information content (AvgIpc) is 2.54. The summed E-state index contributed by atoms with van der Waals surface area (Å²) in [4.78, 5) is 31.8. The first-order valence-corrected chi connectivity index (χ1v) is 7.05. The Hall–Kier alpha value is -1.34. The molecule has 0 spiro atoms. The number of rotatable bonds is 3. The minimum Gasteiger partial charge on any atom is -0.369 e. The largest absolute Gasteiger partial charge is 0.369 e. The number of carbonyl (C=O) groups excluding carboxylic acids is 1. The van der Waals surface area contributed by atoms with Gasteiger partial charge < -0.3 is 10.7 Å². The molecule has 0 fully saturated rings. The van der Waals surface area contributed by atoms with E-state index in [0.29, 0.717) is 15.4 Å². The van der Waals surface area contributed by atoms with Crippen molar-refractivity contribution in [1.82, 2.24) is 9.97 Å². The van der Waals surface area contributed by atoms with Gasteiger partial charge in [0, 0.05) is 4.88 Å². The maximum absolute atomic E-state index is 12.0. The summed E-state index contributed by atoms with van der Waals surface area (Å²) in [7, 11) is 0. The van der Waals surface area contributed by atoms with Crippen molar-refractivity contribution in [2.24, 2.45) is 5.73 Å². The van der Waals surface area contributed by atoms with Crippen molar-refractivity contribution in [1.29, 1.82) is 0 Å². The van der Waals surface area contributed by atoms with E-state index < -0.39 is 11.2 Å². The lowest BCUT2D eigenvalue weighted by atomic mass is 10.2. The third kappa shape index (κ3) is 2.28. The summed E-state index contributed by atoms with van der Waals surface area (Å²) in [5.74, 6) is -0.429. The molecule has 0 aliphatic heterocycles.